The maximum Gasteiger partial charge on any atom is 0.361 e. The van der Waals surface area contributed by atoms with Gasteiger partial charge < -0.3 is 24.8 Å². The fourth-order valence-corrected chi connectivity index (χ4v) is 3.68. The van der Waals surface area contributed by atoms with Gasteiger partial charge in [-0.2, -0.15) is 9.90 Å². The Bertz CT molecular complexity index is 1300. The summed E-state index contributed by atoms with van der Waals surface area (Å²) in [5.74, 6) is -0.781. The molecule has 0 bridgehead atoms. The van der Waals surface area contributed by atoms with Gasteiger partial charge in [-0.1, -0.05) is 30.3 Å². The van der Waals surface area contributed by atoms with Crippen molar-refractivity contribution in [1.82, 2.24) is 25.6 Å². The van der Waals surface area contributed by atoms with Gasteiger partial charge in [0, 0.05) is 0 Å². The SMILES string of the molecule is CCOC(=O)C1=C(COC(=O)c2nn(-c3ccccc3)nc2C)NC(=O)NC1c1ccc(OC)cc1. The number of methoxy groups -OCH3 is 1. The number of urea groups is 1. The molecule has 1 aromatic heterocycles. The number of aryl methyl sites for hydroxylation is 1. The summed E-state index contributed by atoms with van der Waals surface area (Å²) in [6.45, 7) is 3.05. The smallest absolute Gasteiger partial charge is 0.361 e. The van der Waals surface area contributed by atoms with Crippen LogP contribution < -0.4 is 15.4 Å². The first-order valence-electron chi connectivity index (χ1n) is 11.2. The highest BCUT2D eigenvalue weighted by Gasteiger charge is 2.34. The number of hydrogen-bond acceptors (Lipinski definition) is 8. The van der Waals surface area contributed by atoms with Gasteiger partial charge in [-0.15, -0.1) is 5.10 Å². The van der Waals surface area contributed by atoms with Gasteiger partial charge in [-0.3, -0.25) is 0 Å². The lowest BCUT2D eigenvalue weighted by molar-refractivity contribution is -0.139. The number of amides is 2. The van der Waals surface area contributed by atoms with Crippen molar-refractivity contribution < 1.29 is 28.6 Å². The minimum Gasteiger partial charge on any atom is -0.497 e. The van der Waals surface area contributed by atoms with E-state index in [4.69, 9.17) is 14.2 Å². The van der Waals surface area contributed by atoms with Crippen molar-refractivity contribution in [2.75, 3.05) is 20.3 Å². The molecule has 1 unspecified atom stereocenters. The summed E-state index contributed by atoms with van der Waals surface area (Å²) in [7, 11) is 1.54. The van der Waals surface area contributed by atoms with E-state index in [1.54, 1.807) is 50.2 Å². The van der Waals surface area contributed by atoms with Crippen molar-refractivity contribution in [3.8, 4) is 11.4 Å². The van der Waals surface area contributed by atoms with E-state index in [9.17, 15) is 14.4 Å². The third-order valence-corrected chi connectivity index (χ3v) is 5.41. The van der Waals surface area contributed by atoms with Crippen LogP contribution in [0, 0.1) is 6.92 Å². The summed E-state index contributed by atoms with van der Waals surface area (Å²) in [5, 5.41) is 13.8. The highest BCUT2D eigenvalue weighted by atomic mass is 16.5. The summed E-state index contributed by atoms with van der Waals surface area (Å²) in [6, 6.07) is 14.6. The van der Waals surface area contributed by atoms with Crippen LogP contribution in [-0.2, 0) is 14.3 Å². The molecule has 0 radical (unpaired) electrons. The quantitative estimate of drug-likeness (QED) is 0.460. The number of rotatable bonds is 8. The largest absolute Gasteiger partial charge is 0.497 e. The lowest BCUT2D eigenvalue weighted by atomic mass is 9.95. The number of nitrogens with zero attached hydrogens (tertiary/aromatic N) is 3. The molecule has 1 aliphatic heterocycles. The molecule has 2 N–H and O–H groups in total. The molecule has 1 aliphatic rings. The van der Waals surface area contributed by atoms with Crippen molar-refractivity contribution in [3.63, 3.8) is 0 Å². The number of benzene rings is 2. The molecule has 3 aromatic rings. The Labute approximate surface area is 207 Å². The molecule has 2 amide bonds. The summed E-state index contributed by atoms with van der Waals surface area (Å²) in [5.41, 5.74) is 1.93. The van der Waals surface area contributed by atoms with E-state index in [0.29, 0.717) is 22.7 Å². The Balaban J connectivity index is 1.61. The predicted molar refractivity (Wildman–Crippen MR) is 127 cm³/mol. The number of nitrogens with one attached hydrogen (secondary N) is 2. The summed E-state index contributed by atoms with van der Waals surface area (Å²) < 4.78 is 15.9. The Morgan fingerprint density at radius 1 is 1.00 bits per heavy atom. The number of carbonyl (C=O) groups is 3. The number of hydrogen-bond donors (Lipinski definition) is 2. The van der Waals surface area contributed by atoms with E-state index in [1.165, 1.54) is 11.9 Å². The molecule has 0 aliphatic carbocycles. The molecule has 2 heterocycles. The maximum atomic E-state index is 12.9. The van der Waals surface area contributed by atoms with Gasteiger partial charge in [0.15, 0.2) is 5.69 Å². The summed E-state index contributed by atoms with van der Waals surface area (Å²) >= 11 is 0. The lowest BCUT2D eigenvalue weighted by Gasteiger charge is -2.29. The third-order valence-electron chi connectivity index (χ3n) is 5.41. The Morgan fingerprint density at radius 2 is 1.72 bits per heavy atom. The molecule has 186 valence electrons. The zero-order chi connectivity index (χ0) is 25.7. The van der Waals surface area contributed by atoms with Crippen molar-refractivity contribution >= 4 is 18.0 Å². The normalized spacial score (nSPS) is 15.1. The van der Waals surface area contributed by atoms with E-state index in [0.717, 1.165) is 0 Å². The van der Waals surface area contributed by atoms with Crippen LogP contribution in [0.2, 0.25) is 0 Å². The van der Waals surface area contributed by atoms with Crippen LogP contribution in [0.1, 0.15) is 34.7 Å². The highest BCUT2D eigenvalue weighted by molar-refractivity contribution is 5.95. The van der Waals surface area contributed by atoms with Gasteiger partial charge in [0.1, 0.15) is 12.4 Å². The second kappa shape index (κ2) is 10.7. The van der Waals surface area contributed by atoms with Crippen LogP contribution in [0.15, 0.2) is 65.9 Å². The molecule has 0 spiro atoms. The van der Waals surface area contributed by atoms with E-state index in [2.05, 4.69) is 20.8 Å². The van der Waals surface area contributed by atoms with Gasteiger partial charge in [0.25, 0.3) is 0 Å². The number of para-hydroxylation sites is 1. The molecule has 0 saturated heterocycles. The fourth-order valence-electron chi connectivity index (χ4n) is 3.68. The topological polar surface area (TPSA) is 134 Å². The standard InChI is InChI=1S/C25H25N5O6/c1-4-35-23(31)20-19(26-25(33)27-22(20)16-10-12-18(34-3)13-11-16)14-36-24(32)21-15(2)28-30(29-21)17-8-6-5-7-9-17/h5-13,22H,4,14H2,1-3H3,(H2,26,27,33). The first-order valence-corrected chi connectivity index (χ1v) is 11.2. The van der Waals surface area contributed by atoms with Crippen LogP contribution in [0.3, 0.4) is 0 Å². The van der Waals surface area contributed by atoms with Crippen molar-refractivity contribution in [1.29, 1.82) is 0 Å². The summed E-state index contributed by atoms with van der Waals surface area (Å²) in [4.78, 5) is 39.5. The van der Waals surface area contributed by atoms with Crippen molar-refractivity contribution in [2.24, 2.45) is 0 Å². The predicted octanol–water partition coefficient (Wildman–Crippen LogP) is 2.61. The van der Waals surface area contributed by atoms with E-state index < -0.39 is 24.0 Å². The molecule has 11 heteroatoms. The molecular weight excluding hydrogens is 466 g/mol. The second-order valence-corrected chi connectivity index (χ2v) is 7.75. The monoisotopic (exact) mass is 491 g/mol. The molecule has 1 atom stereocenters. The third kappa shape index (κ3) is 5.19. The molecule has 11 nitrogen and oxygen atoms in total. The maximum absolute atomic E-state index is 12.9. The van der Waals surface area contributed by atoms with E-state index >= 15 is 0 Å². The van der Waals surface area contributed by atoms with Crippen LogP contribution in [0.25, 0.3) is 5.69 Å². The van der Waals surface area contributed by atoms with Crippen LogP contribution >= 0.6 is 0 Å². The Kier molecular flexibility index (Phi) is 7.28. The number of carbonyl (C=O) groups excluding carboxylic acids is 3. The minimum atomic E-state index is -0.821. The molecule has 2 aromatic carbocycles. The molecular formula is C25H25N5O6. The van der Waals surface area contributed by atoms with Gasteiger partial charge in [0.2, 0.25) is 0 Å². The van der Waals surface area contributed by atoms with E-state index in [-0.39, 0.29) is 30.2 Å². The lowest BCUT2D eigenvalue weighted by Crippen LogP contribution is -2.47. The zero-order valence-electron chi connectivity index (χ0n) is 20.0. The van der Waals surface area contributed by atoms with Crippen molar-refractivity contribution in [2.45, 2.75) is 19.9 Å². The van der Waals surface area contributed by atoms with Crippen LogP contribution in [-0.4, -0.2) is 53.3 Å². The Hall–Kier alpha value is -4.67. The number of aromatic nitrogens is 3. The van der Waals surface area contributed by atoms with Gasteiger partial charge in [-0.05, 0) is 43.7 Å². The van der Waals surface area contributed by atoms with Crippen molar-refractivity contribution in [3.05, 3.63) is 82.8 Å². The van der Waals surface area contributed by atoms with Gasteiger partial charge in [-0.25, -0.2) is 14.4 Å². The first kappa shape index (κ1) is 24.5. The van der Waals surface area contributed by atoms with Crippen LogP contribution in [0.4, 0.5) is 4.79 Å². The average Bonchev–Trinajstić information content (AvgIpc) is 3.29. The molecule has 36 heavy (non-hydrogen) atoms. The molecule has 0 saturated carbocycles. The van der Waals surface area contributed by atoms with Gasteiger partial charge in [0.05, 0.1) is 42.4 Å². The van der Waals surface area contributed by atoms with Crippen LogP contribution in [0.5, 0.6) is 5.75 Å². The molecule has 4 rings (SSSR count). The second-order valence-electron chi connectivity index (χ2n) is 7.75. The first-order chi connectivity index (χ1) is 17.4. The highest BCUT2D eigenvalue weighted by Crippen LogP contribution is 2.29. The number of ether oxygens (including phenoxy) is 3. The minimum absolute atomic E-state index is 0.0177. The average molecular weight is 492 g/mol. The number of esters is 2. The summed E-state index contributed by atoms with van der Waals surface area (Å²) in [6.07, 6.45) is 0. The molecule has 0 fully saturated rings. The zero-order valence-corrected chi connectivity index (χ0v) is 20.0. The Morgan fingerprint density at radius 3 is 2.39 bits per heavy atom. The van der Waals surface area contributed by atoms with E-state index in [1.807, 2.05) is 18.2 Å². The van der Waals surface area contributed by atoms with Gasteiger partial charge >= 0.3 is 18.0 Å². The fraction of sp³-hybridized carbons (Fsp3) is 0.240.